The molecule has 94 valence electrons. The molecule has 0 spiro atoms. The second-order valence-electron chi connectivity index (χ2n) is 4.15. The van der Waals surface area contributed by atoms with Gasteiger partial charge in [0, 0.05) is 5.75 Å². The van der Waals surface area contributed by atoms with E-state index in [9.17, 15) is 0 Å². The molecule has 0 radical (unpaired) electrons. The summed E-state index contributed by atoms with van der Waals surface area (Å²) in [5, 5.41) is 12.7. The highest BCUT2D eigenvalue weighted by molar-refractivity contribution is 7.99. The van der Waals surface area contributed by atoms with Gasteiger partial charge in [-0.2, -0.15) is 0 Å². The third kappa shape index (κ3) is 2.81. The van der Waals surface area contributed by atoms with Gasteiger partial charge in [0.2, 0.25) is 5.16 Å². The van der Waals surface area contributed by atoms with E-state index in [1.807, 2.05) is 35.0 Å². The first-order valence-electron chi connectivity index (χ1n) is 6.02. The summed E-state index contributed by atoms with van der Waals surface area (Å²) >= 11 is 1.64. The van der Waals surface area contributed by atoms with E-state index in [1.165, 1.54) is 12.8 Å². The third-order valence-electron chi connectivity index (χ3n) is 2.68. The number of para-hydroxylation sites is 1. The molecule has 1 aromatic carbocycles. The van der Waals surface area contributed by atoms with Crippen molar-refractivity contribution in [2.45, 2.75) is 24.0 Å². The average molecular weight is 262 g/mol. The lowest BCUT2D eigenvalue weighted by atomic mass is 10.3. The summed E-state index contributed by atoms with van der Waals surface area (Å²) in [6.45, 7) is 0.659. The Labute approximate surface area is 110 Å². The summed E-state index contributed by atoms with van der Waals surface area (Å²) in [6.07, 6.45) is 2.39. The van der Waals surface area contributed by atoms with Crippen LogP contribution in [0.4, 0.5) is 0 Å². The van der Waals surface area contributed by atoms with Crippen LogP contribution in [0.3, 0.4) is 0 Å². The number of hydrogen-bond acceptors (Lipinski definition) is 5. The van der Waals surface area contributed by atoms with Crippen LogP contribution >= 0.6 is 11.8 Å². The van der Waals surface area contributed by atoms with E-state index in [0.717, 1.165) is 16.7 Å². The maximum Gasteiger partial charge on any atom is 0.209 e. The largest absolute Gasteiger partial charge is 0.493 e. The van der Waals surface area contributed by atoms with Gasteiger partial charge in [-0.05, 0) is 35.4 Å². The highest BCUT2D eigenvalue weighted by Crippen LogP contribution is 2.36. The Kier molecular flexibility index (Phi) is 3.45. The fourth-order valence-corrected chi connectivity index (χ4v) is 2.40. The Hall–Kier alpha value is -1.56. The monoisotopic (exact) mass is 262 g/mol. The van der Waals surface area contributed by atoms with Crippen molar-refractivity contribution in [1.82, 2.24) is 20.2 Å². The zero-order valence-corrected chi connectivity index (χ0v) is 10.7. The van der Waals surface area contributed by atoms with Gasteiger partial charge < -0.3 is 4.74 Å². The second-order valence-corrected chi connectivity index (χ2v) is 5.21. The number of benzene rings is 1. The zero-order valence-electron chi connectivity index (χ0n) is 9.90. The van der Waals surface area contributed by atoms with Crippen molar-refractivity contribution >= 4 is 11.8 Å². The van der Waals surface area contributed by atoms with Crippen LogP contribution in [0.15, 0.2) is 35.5 Å². The molecule has 18 heavy (non-hydrogen) atoms. The second kappa shape index (κ2) is 5.39. The first-order chi connectivity index (χ1) is 8.93. The summed E-state index contributed by atoms with van der Waals surface area (Å²) in [5.41, 5.74) is 0. The molecule has 0 N–H and O–H groups in total. The van der Waals surface area contributed by atoms with Crippen molar-refractivity contribution in [3.8, 4) is 5.75 Å². The van der Waals surface area contributed by atoms with Crippen molar-refractivity contribution in [1.29, 1.82) is 0 Å². The molecule has 0 amide bonds. The first-order valence-corrected chi connectivity index (χ1v) is 7.00. The Morgan fingerprint density at radius 2 is 2.11 bits per heavy atom. The van der Waals surface area contributed by atoms with E-state index in [0.29, 0.717) is 12.6 Å². The fraction of sp³-hybridized carbons (Fsp3) is 0.417. The van der Waals surface area contributed by atoms with E-state index >= 15 is 0 Å². The molecule has 1 aromatic heterocycles. The molecule has 0 bridgehead atoms. The van der Waals surface area contributed by atoms with Crippen LogP contribution in [0, 0.1) is 0 Å². The Bertz CT molecular complexity index is 498. The minimum atomic E-state index is 0.526. The van der Waals surface area contributed by atoms with E-state index in [2.05, 4.69) is 15.5 Å². The highest BCUT2D eigenvalue weighted by atomic mass is 32.2. The van der Waals surface area contributed by atoms with Crippen LogP contribution in [-0.4, -0.2) is 32.6 Å². The van der Waals surface area contributed by atoms with Crippen LogP contribution in [0.25, 0.3) is 0 Å². The summed E-state index contributed by atoms with van der Waals surface area (Å²) in [7, 11) is 0. The summed E-state index contributed by atoms with van der Waals surface area (Å²) < 4.78 is 7.55. The van der Waals surface area contributed by atoms with Gasteiger partial charge in [0.05, 0.1) is 12.6 Å². The number of rotatable bonds is 6. The molecule has 0 atom stereocenters. The lowest BCUT2D eigenvalue weighted by Crippen LogP contribution is -2.03. The van der Waals surface area contributed by atoms with Crippen LogP contribution in [-0.2, 0) is 0 Å². The summed E-state index contributed by atoms with van der Waals surface area (Å²) in [6, 6.07) is 10.4. The number of thioether (sulfide) groups is 1. The molecule has 1 saturated carbocycles. The van der Waals surface area contributed by atoms with Gasteiger partial charge in [-0.15, -0.1) is 5.10 Å². The van der Waals surface area contributed by atoms with Crippen LogP contribution in [0.5, 0.6) is 5.75 Å². The third-order valence-corrected chi connectivity index (χ3v) is 3.58. The van der Waals surface area contributed by atoms with Crippen molar-refractivity contribution < 1.29 is 4.74 Å². The Morgan fingerprint density at radius 3 is 2.89 bits per heavy atom. The molecule has 3 rings (SSSR count). The number of tetrazole rings is 1. The molecular weight excluding hydrogens is 248 g/mol. The normalized spacial score (nSPS) is 14.7. The quantitative estimate of drug-likeness (QED) is 0.590. The Morgan fingerprint density at radius 1 is 1.28 bits per heavy atom. The van der Waals surface area contributed by atoms with Crippen molar-refractivity contribution in [2.75, 3.05) is 12.4 Å². The van der Waals surface area contributed by atoms with Crippen molar-refractivity contribution in [2.24, 2.45) is 0 Å². The van der Waals surface area contributed by atoms with Crippen molar-refractivity contribution in [3.05, 3.63) is 30.3 Å². The molecule has 0 saturated heterocycles. The van der Waals surface area contributed by atoms with E-state index < -0.39 is 0 Å². The number of aromatic nitrogens is 4. The molecule has 5 nitrogen and oxygen atoms in total. The molecule has 1 aliphatic rings. The first kappa shape index (κ1) is 11.5. The average Bonchev–Trinajstić information content (AvgIpc) is 3.16. The predicted octanol–water partition coefficient (Wildman–Crippen LogP) is 2.18. The zero-order chi connectivity index (χ0) is 12.2. The minimum Gasteiger partial charge on any atom is -0.493 e. The molecule has 0 unspecified atom stereocenters. The summed E-state index contributed by atoms with van der Waals surface area (Å²) in [4.78, 5) is 0. The van der Waals surface area contributed by atoms with Gasteiger partial charge in [0.25, 0.3) is 0 Å². The maximum absolute atomic E-state index is 5.62. The standard InChI is InChI=1S/C12H14N4OS/c1-2-4-11(5-3-1)17-8-9-18-12-13-14-15-16(12)10-6-7-10/h1-5,10H,6-9H2. The fourth-order valence-electron chi connectivity index (χ4n) is 1.64. The van der Waals surface area contributed by atoms with Crippen LogP contribution in [0.1, 0.15) is 18.9 Å². The molecular formula is C12H14N4OS. The number of hydrogen-bond donors (Lipinski definition) is 0. The van der Waals surface area contributed by atoms with Gasteiger partial charge in [-0.1, -0.05) is 30.0 Å². The van der Waals surface area contributed by atoms with Gasteiger partial charge in [-0.25, -0.2) is 4.68 Å². The van der Waals surface area contributed by atoms with E-state index in [4.69, 9.17) is 4.74 Å². The lowest BCUT2D eigenvalue weighted by Gasteiger charge is -2.05. The van der Waals surface area contributed by atoms with Crippen LogP contribution in [0.2, 0.25) is 0 Å². The smallest absolute Gasteiger partial charge is 0.209 e. The van der Waals surface area contributed by atoms with Crippen molar-refractivity contribution in [3.63, 3.8) is 0 Å². The van der Waals surface area contributed by atoms with Gasteiger partial charge >= 0.3 is 0 Å². The number of nitrogens with zero attached hydrogens (tertiary/aromatic N) is 4. The number of ether oxygens (including phenoxy) is 1. The lowest BCUT2D eigenvalue weighted by molar-refractivity contribution is 0.344. The van der Waals surface area contributed by atoms with Gasteiger partial charge in [0.1, 0.15) is 5.75 Å². The predicted molar refractivity (Wildman–Crippen MR) is 68.7 cm³/mol. The molecule has 1 heterocycles. The van der Waals surface area contributed by atoms with Gasteiger partial charge in [0.15, 0.2) is 0 Å². The van der Waals surface area contributed by atoms with E-state index in [-0.39, 0.29) is 0 Å². The maximum atomic E-state index is 5.62. The summed E-state index contributed by atoms with van der Waals surface area (Å²) in [5.74, 6) is 1.75. The molecule has 1 aliphatic carbocycles. The van der Waals surface area contributed by atoms with E-state index in [1.54, 1.807) is 11.8 Å². The molecule has 0 aliphatic heterocycles. The topological polar surface area (TPSA) is 52.8 Å². The highest BCUT2D eigenvalue weighted by Gasteiger charge is 2.27. The van der Waals surface area contributed by atoms with Gasteiger partial charge in [-0.3, -0.25) is 0 Å². The Balaban J connectivity index is 1.45. The molecule has 6 heteroatoms. The molecule has 1 fully saturated rings. The SMILES string of the molecule is c1ccc(OCCSc2nnnn2C2CC2)cc1. The van der Waals surface area contributed by atoms with Crippen LogP contribution < -0.4 is 4.74 Å². The molecule has 2 aromatic rings. The minimum absolute atomic E-state index is 0.526.